The van der Waals surface area contributed by atoms with Gasteiger partial charge in [-0.2, -0.15) is 0 Å². The molecule has 4 saturated heterocycles. The van der Waals surface area contributed by atoms with Crippen LogP contribution in [0.5, 0.6) is 0 Å². The van der Waals surface area contributed by atoms with Crippen molar-refractivity contribution in [1.29, 1.82) is 0 Å². The van der Waals surface area contributed by atoms with Crippen LogP contribution in [0.3, 0.4) is 0 Å². The molecule has 0 saturated carbocycles. The molecule has 58 heavy (non-hydrogen) atoms. The van der Waals surface area contributed by atoms with Gasteiger partial charge in [-0.05, 0) is 70.1 Å². The van der Waals surface area contributed by atoms with E-state index < -0.39 is 108 Å². The summed E-state index contributed by atoms with van der Waals surface area (Å²) in [5.74, 6) is -6.37. The van der Waals surface area contributed by atoms with Crippen molar-refractivity contribution >= 4 is 47.4 Å². The molecule has 1 aromatic heterocycles. The normalized spacial score (nSPS) is 28.9. The number of aryl methyl sites for hydroxylation is 1. The first-order valence-electron chi connectivity index (χ1n) is 19.4. The standard InChI is InChI=1S/C38H48F2N8O10/c1-18-9-29-37(55)57-21(4)31(44-32(50)26(13-22-11-23(39)14-24(40)12-22)42-38(56)43-30-10-19(2)58-45-30)36(54)48-17-25(49)15-28(48)35(53)46-8-6-5-7-27(46)33(51)41-20(3)34(52)47(29)16-18/h10-12,14,18,20-21,25-29,31,49H,5-9,13,15-17H2,1-4H3,(H,41,51)(H,44,50)(H2,42,43,45,56)/t18-,20+,21+,25-,26+,27+,28+,29+,31+/m1/s1. The van der Waals surface area contributed by atoms with E-state index in [0.717, 1.165) is 17.0 Å². The molecule has 1 aromatic carbocycles. The van der Waals surface area contributed by atoms with E-state index in [2.05, 4.69) is 26.4 Å². The monoisotopic (exact) mass is 814 g/mol. The van der Waals surface area contributed by atoms with Gasteiger partial charge in [-0.25, -0.2) is 18.4 Å². The lowest BCUT2D eigenvalue weighted by Crippen LogP contribution is -2.63. The Bertz CT molecular complexity index is 1930. The topological polar surface area (TPSA) is 233 Å². The van der Waals surface area contributed by atoms with Crippen molar-refractivity contribution in [2.75, 3.05) is 25.0 Å². The van der Waals surface area contributed by atoms with Gasteiger partial charge in [-0.15, -0.1) is 0 Å². The molecule has 0 bridgehead atoms. The van der Waals surface area contributed by atoms with Crippen LogP contribution in [0.1, 0.15) is 64.2 Å². The quantitative estimate of drug-likeness (QED) is 0.252. The number of carbonyl (C=O) groups is 7. The van der Waals surface area contributed by atoms with E-state index in [0.29, 0.717) is 24.7 Å². The van der Waals surface area contributed by atoms with Gasteiger partial charge in [0.1, 0.15) is 59.7 Å². The number of ether oxygens (including phenoxy) is 1. The Morgan fingerprint density at radius 2 is 1.62 bits per heavy atom. The lowest BCUT2D eigenvalue weighted by Gasteiger charge is -2.39. The molecule has 7 amide bonds. The number of hydrogen-bond donors (Lipinski definition) is 5. The zero-order valence-corrected chi connectivity index (χ0v) is 32.5. The minimum Gasteiger partial charge on any atom is -0.458 e. The van der Waals surface area contributed by atoms with Gasteiger partial charge >= 0.3 is 12.0 Å². The van der Waals surface area contributed by atoms with Crippen LogP contribution in [0.2, 0.25) is 0 Å². The van der Waals surface area contributed by atoms with Gasteiger partial charge in [0, 0.05) is 44.6 Å². The second-order valence-corrected chi connectivity index (χ2v) is 15.6. The number of aromatic nitrogens is 1. The molecule has 5 N–H and O–H groups in total. The molecule has 9 atom stereocenters. The summed E-state index contributed by atoms with van der Waals surface area (Å²) in [5.41, 5.74) is -0.0400. The van der Waals surface area contributed by atoms with Crippen molar-refractivity contribution in [3.63, 3.8) is 0 Å². The molecular weight excluding hydrogens is 766 g/mol. The van der Waals surface area contributed by atoms with Crippen LogP contribution < -0.4 is 21.3 Å². The first kappa shape index (κ1) is 42.0. The third-order valence-corrected chi connectivity index (χ3v) is 10.9. The average Bonchev–Trinajstić information content (AvgIpc) is 3.88. The number of benzene rings is 1. The van der Waals surface area contributed by atoms with Crippen LogP contribution in [0.15, 0.2) is 28.8 Å². The highest BCUT2D eigenvalue weighted by Gasteiger charge is 2.49. The zero-order chi connectivity index (χ0) is 42.0. The van der Waals surface area contributed by atoms with E-state index in [-0.39, 0.29) is 56.2 Å². The number of cyclic esters (lactones) is 1. The SMILES string of the molecule is Cc1cc(NC(=O)N[C@@H](Cc2cc(F)cc(F)c2)C(=O)N[C@@H]2C(=O)N3C[C@H](O)C[C@H]3C(=O)N3CCCC[C@H]3C(=O)N[C@@H](C)C(=O)N3C[C@H](C)C[C@H]3C(=O)O[C@H]2C)no1. The number of halogens is 2. The molecule has 4 fully saturated rings. The fourth-order valence-electron chi connectivity index (χ4n) is 8.14. The van der Waals surface area contributed by atoms with E-state index in [4.69, 9.17) is 9.26 Å². The van der Waals surface area contributed by atoms with Crippen LogP contribution in [0.25, 0.3) is 0 Å². The second kappa shape index (κ2) is 17.5. The molecular formula is C38H48F2N8O10. The molecule has 6 rings (SSSR count). The fourth-order valence-corrected chi connectivity index (χ4v) is 8.14. The number of carbonyl (C=O) groups excluding carboxylic acids is 7. The van der Waals surface area contributed by atoms with Crippen molar-refractivity contribution in [2.45, 2.75) is 115 Å². The maximum atomic E-state index is 14.7. The highest BCUT2D eigenvalue weighted by Crippen LogP contribution is 2.29. The van der Waals surface area contributed by atoms with Gasteiger partial charge < -0.3 is 45.0 Å². The smallest absolute Gasteiger partial charge is 0.329 e. The summed E-state index contributed by atoms with van der Waals surface area (Å²) in [5, 5.41) is 24.6. The molecule has 0 spiro atoms. The number of nitrogens with zero attached hydrogens (tertiary/aromatic N) is 4. The largest absolute Gasteiger partial charge is 0.458 e. The molecule has 4 aliphatic heterocycles. The number of anilines is 1. The third-order valence-electron chi connectivity index (χ3n) is 10.9. The minimum atomic E-state index is -1.76. The predicted octanol–water partition coefficient (Wildman–Crippen LogP) is 0.509. The number of piperidine rings is 1. The van der Waals surface area contributed by atoms with Gasteiger partial charge in [0.25, 0.3) is 0 Å². The van der Waals surface area contributed by atoms with E-state index in [9.17, 15) is 47.4 Å². The summed E-state index contributed by atoms with van der Waals surface area (Å²) in [6, 6.07) is -4.89. The van der Waals surface area contributed by atoms with Crippen molar-refractivity contribution in [3.8, 4) is 0 Å². The van der Waals surface area contributed by atoms with Crippen LogP contribution in [-0.2, 0) is 39.9 Å². The summed E-state index contributed by atoms with van der Waals surface area (Å²) in [4.78, 5) is 101. The third kappa shape index (κ3) is 9.37. The van der Waals surface area contributed by atoms with Gasteiger partial charge in [0.05, 0.1) is 6.10 Å². The molecule has 314 valence electrons. The Hall–Kier alpha value is -5.66. The average molecular weight is 815 g/mol. The Morgan fingerprint density at radius 3 is 2.31 bits per heavy atom. The highest BCUT2D eigenvalue weighted by atomic mass is 19.1. The summed E-state index contributed by atoms with van der Waals surface area (Å²) >= 11 is 0. The molecule has 0 radical (unpaired) electrons. The molecule has 0 unspecified atom stereocenters. The number of aliphatic hydroxyl groups excluding tert-OH is 1. The molecule has 5 heterocycles. The molecule has 4 aliphatic rings. The van der Waals surface area contributed by atoms with E-state index in [1.54, 1.807) is 6.92 Å². The number of amides is 7. The molecule has 0 aliphatic carbocycles. The number of aliphatic hydroxyl groups is 1. The van der Waals surface area contributed by atoms with Crippen LogP contribution in [-0.4, -0.2) is 135 Å². The highest BCUT2D eigenvalue weighted by molar-refractivity contribution is 5.98. The lowest BCUT2D eigenvalue weighted by molar-refractivity contribution is -0.163. The van der Waals surface area contributed by atoms with Crippen molar-refractivity contribution in [3.05, 3.63) is 47.2 Å². The number of rotatable bonds is 6. The van der Waals surface area contributed by atoms with Gasteiger partial charge in [-0.1, -0.05) is 12.1 Å². The van der Waals surface area contributed by atoms with Crippen molar-refractivity contribution in [2.24, 2.45) is 5.92 Å². The summed E-state index contributed by atoms with van der Waals surface area (Å²) in [6.07, 6.45) is -1.71. The Balaban J connectivity index is 1.36. The van der Waals surface area contributed by atoms with E-state index in [1.165, 1.54) is 29.7 Å². The van der Waals surface area contributed by atoms with E-state index in [1.807, 2.05) is 6.92 Å². The number of esters is 1. The fraction of sp³-hybridized carbons (Fsp3) is 0.579. The first-order valence-corrected chi connectivity index (χ1v) is 19.4. The summed E-state index contributed by atoms with van der Waals surface area (Å²) in [7, 11) is 0. The number of hydrogen-bond acceptors (Lipinski definition) is 11. The van der Waals surface area contributed by atoms with Crippen LogP contribution in [0.4, 0.5) is 19.4 Å². The summed E-state index contributed by atoms with van der Waals surface area (Å²) < 4.78 is 39.4. The Labute approximate surface area is 332 Å². The first-order chi connectivity index (χ1) is 27.5. The zero-order valence-electron chi connectivity index (χ0n) is 32.5. The molecule has 18 nitrogen and oxygen atoms in total. The van der Waals surface area contributed by atoms with E-state index >= 15 is 0 Å². The number of nitrogens with one attached hydrogen (secondary N) is 4. The second-order valence-electron chi connectivity index (χ2n) is 15.6. The van der Waals surface area contributed by atoms with Gasteiger partial charge in [0.15, 0.2) is 5.82 Å². The molecule has 20 heteroatoms. The Morgan fingerprint density at radius 1 is 0.914 bits per heavy atom. The van der Waals surface area contributed by atoms with Gasteiger partial charge in [-0.3, -0.25) is 29.3 Å². The Kier molecular flexibility index (Phi) is 12.6. The maximum Gasteiger partial charge on any atom is 0.329 e. The van der Waals surface area contributed by atoms with Gasteiger partial charge in [0.2, 0.25) is 29.5 Å². The van der Waals surface area contributed by atoms with Crippen molar-refractivity contribution < 1.29 is 56.7 Å². The number of fused-ring (bicyclic) bond motifs is 3. The summed E-state index contributed by atoms with van der Waals surface area (Å²) in [6.45, 7) is 6.20. The van der Waals surface area contributed by atoms with Crippen LogP contribution in [0, 0.1) is 24.5 Å². The van der Waals surface area contributed by atoms with Crippen LogP contribution >= 0.6 is 0 Å². The minimum absolute atomic E-state index is 0.0147. The predicted molar refractivity (Wildman–Crippen MR) is 197 cm³/mol. The number of urea groups is 1. The van der Waals surface area contributed by atoms with Crippen molar-refractivity contribution in [1.82, 2.24) is 35.8 Å². The maximum absolute atomic E-state index is 14.7. The molecule has 2 aromatic rings. The lowest BCUT2D eigenvalue weighted by atomic mass is 9.98.